The van der Waals surface area contributed by atoms with Gasteiger partial charge in [0.1, 0.15) is 17.7 Å². The van der Waals surface area contributed by atoms with Gasteiger partial charge in [-0.2, -0.15) is 0 Å². The number of hydrogen-bond acceptors (Lipinski definition) is 5. The highest BCUT2D eigenvalue weighted by atomic mass is 35.5. The predicted octanol–water partition coefficient (Wildman–Crippen LogP) is 4.23. The molecule has 0 aliphatic carbocycles. The van der Waals surface area contributed by atoms with Crippen LogP contribution in [0.3, 0.4) is 0 Å². The number of nitrogens with one attached hydrogen (secondary N) is 1. The Balaban J connectivity index is 1.74. The number of halogens is 1. The molecule has 2 aromatic carbocycles. The summed E-state index contributed by atoms with van der Waals surface area (Å²) in [5, 5.41) is 8.55. The van der Waals surface area contributed by atoms with E-state index in [2.05, 4.69) is 16.5 Å². The molecule has 0 unspecified atom stereocenters. The molecule has 1 aliphatic rings. The second-order valence-electron chi connectivity index (χ2n) is 6.39. The number of aryl methyl sites for hydroxylation is 1. The van der Waals surface area contributed by atoms with Crippen LogP contribution in [0.15, 0.2) is 47.6 Å². The van der Waals surface area contributed by atoms with Gasteiger partial charge in [-0.15, -0.1) is 5.10 Å². The lowest BCUT2D eigenvalue weighted by Gasteiger charge is -2.20. The van der Waals surface area contributed by atoms with Gasteiger partial charge in [0.15, 0.2) is 5.17 Å². The van der Waals surface area contributed by atoms with Gasteiger partial charge in [0.05, 0.1) is 5.02 Å². The van der Waals surface area contributed by atoms with E-state index in [1.165, 1.54) is 36.2 Å². The molecule has 0 fully saturated rings. The molecular weight excluding hydrogens is 398 g/mol. The third kappa shape index (κ3) is 4.85. The topological polar surface area (TPSA) is 71.0 Å². The Bertz CT molecular complexity index is 948. The van der Waals surface area contributed by atoms with Crippen LogP contribution in [-0.2, 0) is 16.2 Å². The zero-order chi connectivity index (χ0) is 20.3. The van der Waals surface area contributed by atoms with Gasteiger partial charge in [0.25, 0.3) is 0 Å². The van der Waals surface area contributed by atoms with E-state index in [0.29, 0.717) is 22.5 Å². The number of ether oxygens (including phenoxy) is 1. The summed E-state index contributed by atoms with van der Waals surface area (Å²) in [5.41, 5.74) is 3.01. The summed E-state index contributed by atoms with van der Waals surface area (Å²) in [5.74, 6) is 0.0920. The van der Waals surface area contributed by atoms with Crippen molar-refractivity contribution in [1.29, 1.82) is 0 Å². The van der Waals surface area contributed by atoms with Crippen molar-refractivity contribution >= 4 is 40.3 Å². The van der Waals surface area contributed by atoms with E-state index in [1.54, 1.807) is 12.1 Å². The van der Waals surface area contributed by atoms with E-state index >= 15 is 0 Å². The average molecular weight is 418 g/mol. The maximum atomic E-state index is 11.9. The Hall–Kier alpha value is -2.51. The van der Waals surface area contributed by atoms with Crippen LogP contribution in [0.25, 0.3) is 0 Å². The molecular formula is C20H20ClN3O3S. The molecule has 6 nitrogen and oxygen atoms in total. The molecule has 0 spiro atoms. The molecule has 146 valence electrons. The Kier molecular flexibility index (Phi) is 6.26. The minimum atomic E-state index is -0.400. The van der Waals surface area contributed by atoms with Crippen LogP contribution in [-0.4, -0.2) is 22.0 Å². The van der Waals surface area contributed by atoms with Crippen molar-refractivity contribution < 1.29 is 14.3 Å². The van der Waals surface area contributed by atoms with Gasteiger partial charge in [-0.3, -0.25) is 9.59 Å². The van der Waals surface area contributed by atoms with Gasteiger partial charge < -0.3 is 10.1 Å². The SMILES string of the molecule is CC(=O)NC1=NN(C(C)=O)[C@@H](c2ccc(OCc3cccc(C)c3)c(Cl)c2)S1. The highest BCUT2D eigenvalue weighted by Gasteiger charge is 2.32. The van der Waals surface area contributed by atoms with Gasteiger partial charge >= 0.3 is 0 Å². The van der Waals surface area contributed by atoms with Gasteiger partial charge in [-0.1, -0.05) is 59.3 Å². The number of benzene rings is 2. The fourth-order valence-electron chi connectivity index (χ4n) is 2.73. The second-order valence-corrected chi connectivity index (χ2v) is 7.86. The van der Waals surface area contributed by atoms with Crippen molar-refractivity contribution in [2.24, 2.45) is 5.10 Å². The molecule has 0 saturated carbocycles. The molecule has 2 amide bonds. The first-order valence-corrected chi connectivity index (χ1v) is 9.89. The first-order valence-electron chi connectivity index (χ1n) is 8.64. The average Bonchev–Trinajstić information content (AvgIpc) is 3.04. The molecule has 1 N–H and O–H groups in total. The van der Waals surface area contributed by atoms with Crippen LogP contribution >= 0.6 is 23.4 Å². The normalized spacial score (nSPS) is 15.9. The maximum absolute atomic E-state index is 11.9. The molecule has 0 aromatic heterocycles. The molecule has 2 aromatic rings. The Morgan fingerprint density at radius 3 is 2.68 bits per heavy atom. The van der Waals surface area contributed by atoms with Crippen LogP contribution in [0.4, 0.5) is 0 Å². The number of carbonyl (C=O) groups is 2. The predicted molar refractivity (Wildman–Crippen MR) is 111 cm³/mol. The highest BCUT2D eigenvalue weighted by molar-refractivity contribution is 8.14. The summed E-state index contributed by atoms with van der Waals surface area (Å²) < 4.78 is 5.84. The van der Waals surface area contributed by atoms with Gasteiger partial charge in [0, 0.05) is 13.8 Å². The summed E-state index contributed by atoms with van der Waals surface area (Å²) >= 11 is 7.69. The zero-order valence-electron chi connectivity index (χ0n) is 15.7. The Morgan fingerprint density at radius 2 is 2.04 bits per heavy atom. The van der Waals surface area contributed by atoms with Crippen molar-refractivity contribution in [2.45, 2.75) is 32.8 Å². The van der Waals surface area contributed by atoms with Crippen molar-refractivity contribution in [1.82, 2.24) is 10.3 Å². The maximum Gasteiger partial charge on any atom is 0.241 e. The van der Waals surface area contributed by atoms with Crippen LogP contribution in [0.1, 0.15) is 35.9 Å². The molecule has 0 saturated heterocycles. The molecule has 3 rings (SSSR count). The van der Waals surface area contributed by atoms with Crippen LogP contribution in [0.5, 0.6) is 5.75 Å². The van der Waals surface area contributed by atoms with Crippen LogP contribution in [0.2, 0.25) is 5.02 Å². The largest absolute Gasteiger partial charge is 0.487 e. The molecule has 28 heavy (non-hydrogen) atoms. The Morgan fingerprint density at radius 1 is 1.25 bits per heavy atom. The van der Waals surface area contributed by atoms with Gasteiger partial charge in [0.2, 0.25) is 11.8 Å². The quantitative estimate of drug-likeness (QED) is 0.808. The van der Waals surface area contributed by atoms with Crippen molar-refractivity contribution in [3.05, 3.63) is 64.2 Å². The first-order chi connectivity index (χ1) is 13.3. The first kappa shape index (κ1) is 20.2. The molecule has 0 bridgehead atoms. The smallest absolute Gasteiger partial charge is 0.241 e. The van der Waals surface area contributed by atoms with E-state index < -0.39 is 5.37 Å². The number of hydrogen-bond donors (Lipinski definition) is 1. The lowest BCUT2D eigenvalue weighted by molar-refractivity contribution is -0.129. The molecule has 1 aliphatic heterocycles. The fraction of sp³-hybridized carbons (Fsp3) is 0.250. The number of amides is 2. The van der Waals surface area contributed by atoms with E-state index in [-0.39, 0.29) is 11.8 Å². The van der Waals surface area contributed by atoms with Crippen molar-refractivity contribution in [2.75, 3.05) is 0 Å². The van der Waals surface area contributed by atoms with Crippen molar-refractivity contribution in [3.8, 4) is 5.75 Å². The third-order valence-electron chi connectivity index (χ3n) is 3.97. The highest BCUT2D eigenvalue weighted by Crippen LogP contribution is 2.41. The van der Waals surface area contributed by atoms with Crippen molar-refractivity contribution in [3.63, 3.8) is 0 Å². The summed E-state index contributed by atoms with van der Waals surface area (Å²) in [6.45, 7) is 5.26. The summed E-state index contributed by atoms with van der Waals surface area (Å²) in [6.07, 6.45) is 0. The standard InChI is InChI=1S/C20H20ClN3O3S/c1-12-5-4-6-15(9-12)11-27-18-8-7-16(10-17(18)21)19-24(14(3)26)23-20(28-19)22-13(2)25/h4-10,19H,11H2,1-3H3,(H,22,23,25)/t19-/m1/s1. The van der Waals surface area contributed by atoms with E-state index in [0.717, 1.165) is 11.1 Å². The van der Waals surface area contributed by atoms with Gasteiger partial charge in [-0.25, -0.2) is 5.01 Å². The second kappa shape index (κ2) is 8.67. The fourth-order valence-corrected chi connectivity index (χ4v) is 4.10. The monoisotopic (exact) mass is 417 g/mol. The number of thioether (sulfide) groups is 1. The molecule has 0 radical (unpaired) electrons. The number of rotatable bonds is 4. The lowest BCUT2D eigenvalue weighted by Crippen LogP contribution is -2.25. The van der Waals surface area contributed by atoms with E-state index in [9.17, 15) is 9.59 Å². The molecule has 8 heteroatoms. The molecule has 1 atom stereocenters. The molecule has 1 heterocycles. The van der Waals surface area contributed by atoms with E-state index in [4.69, 9.17) is 16.3 Å². The number of hydrazone groups is 1. The zero-order valence-corrected chi connectivity index (χ0v) is 17.3. The van der Waals surface area contributed by atoms with Gasteiger partial charge in [-0.05, 0) is 30.2 Å². The Labute approximate surface area is 172 Å². The lowest BCUT2D eigenvalue weighted by atomic mass is 10.1. The number of amidine groups is 1. The number of carbonyl (C=O) groups excluding carboxylic acids is 2. The van der Waals surface area contributed by atoms with E-state index in [1.807, 2.05) is 31.2 Å². The van der Waals surface area contributed by atoms with Crippen LogP contribution < -0.4 is 10.1 Å². The number of nitrogens with zero attached hydrogens (tertiary/aromatic N) is 2. The summed E-state index contributed by atoms with van der Waals surface area (Å²) in [4.78, 5) is 23.2. The third-order valence-corrected chi connectivity index (χ3v) is 5.36. The minimum absolute atomic E-state index is 0.228. The van der Waals surface area contributed by atoms with Crippen LogP contribution in [0, 0.1) is 6.92 Å². The summed E-state index contributed by atoms with van der Waals surface area (Å²) in [7, 11) is 0. The minimum Gasteiger partial charge on any atom is -0.487 e. The summed E-state index contributed by atoms with van der Waals surface area (Å²) in [6, 6.07) is 13.5.